The Balaban J connectivity index is 2.90. The molecule has 0 fully saturated rings. The van der Waals surface area contributed by atoms with Crippen LogP contribution in [0.3, 0.4) is 0 Å². The molecule has 0 unspecified atom stereocenters. The summed E-state index contributed by atoms with van der Waals surface area (Å²) in [7, 11) is 0. The maximum atomic E-state index is 3.90. The van der Waals surface area contributed by atoms with Crippen molar-refractivity contribution in [1.29, 1.82) is 0 Å². The molecule has 0 aromatic heterocycles. The highest BCUT2D eigenvalue weighted by Gasteiger charge is 1.94. The quantitative estimate of drug-likeness (QED) is 0.232. The molecule has 0 aromatic carbocycles. The molecule has 0 saturated heterocycles. The van der Waals surface area contributed by atoms with Gasteiger partial charge >= 0.3 is 0 Å². The largest absolute Gasteiger partial charge is 0.165 e. The topological polar surface area (TPSA) is 0 Å². The van der Waals surface area contributed by atoms with Crippen molar-refractivity contribution in [2.24, 2.45) is 0 Å². The van der Waals surface area contributed by atoms with Crippen molar-refractivity contribution in [2.45, 2.75) is 109 Å². The fraction of sp³-hybridized carbons (Fsp3) is 0.950. The van der Waals surface area contributed by atoms with Crippen molar-refractivity contribution in [3.63, 3.8) is 0 Å². The SMILES string of the molecule is [CH2]CCCCCCCCCCCCCCCCCCSC. The van der Waals surface area contributed by atoms with Gasteiger partial charge in [-0.05, 0) is 18.4 Å². The molecule has 1 heteroatoms. The first-order chi connectivity index (χ1) is 10.4. The number of thioether (sulfide) groups is 1. The van der Waals surface area contributed by atoms with Gasteiger partial charge in [-0.25, -0.2) is 0 Å². The predicted molar refractivity (Wildman–Crippen MR) is 102 cm³/mol. The van der Waals surface area contributed by atoms with Crippen molar-refractivity contribution in [3.8, 4) is 0 Å². The molecule has 0 spiro atoms. The van der Waals surface area contributed by atoms with Gasteiger partial charge in [-0.1, -0.05) is 110 Å². The minimum absolute atomic E-state index is 1.12. The second-order valence-electron chi connectivity index (χ2n) is 6.50. The minimum atomic E-state index is 1.12. The van der Waals surface area contributed by atoms with Crippen LogP contribution in [0, 0.1) is 6.92 Å². The molecular weight excluding hydrogens is 272 g/mol. The van der Waals surface area contributed by atoms with E-state index in [0.717, 1.165) is 6.42 Å². The lowest BCUT2D eigenvalue weighted by molar-refractivity contribution is 0.530. The van der Waals surface area contributed by atoms with Gasteiger partial charge in [-0.15, -0.1) is 0 Å². The molecule has 1 radical (unpaired) electrons. The molecule has 0 bridgehead atoms. The Morgan fingerprint density at radius 2 is 0.762 bits per heavy atom. The van der Waals surface area contributed by atoms with Crippen LogP contribution in [-0.4, -0.2) is 12.0 Å². The van der Waals surface area contributed by atoms with Crippen molar-refractivity contribution < 1.29 is 0 Å². The molecule has 0 atom stereocenters. The average molecular weight is 314 g/mol. The summed E-state index contributed by atoms with van der Waals surface area (Å²) in [6.45, 7) is 3.90. The van der Waals surface area contributed by atoms with E-state index in [1.165, 1.54) is 108 Å². The fourth-order valence-corrected chi connectivity index (χ4v) is 3.39. The van der Waals surface area contributed by atoms with Gasteiger partial charge in [-0.2, -0.15) is 11.8 Å². The number of hydrogen-bond donors (Lipinski definition) is 0. The van der Waals surface area contributed by atoms with Crippen molar-refractivity contribution in [2.75, 3.05) is 12.0 Å². The van der Waals surface area contributed by atoms with E-state index < -0.39 is 0 Å². The molecule has 0 nitrogen and oxygen atoms in total. The summed E-state index contributed by atoms with van der Waals surface area (Å²) in [6.07, 6.45) is 26.6. The second-order valence-corrected chi connectivity index (χ2v) is 7.49. The monoisotopic (exact) mass is 313 g/mol. The highest BCUT2D eigenvalue weighted by Crippen LogP contribution is 2.14. The number of rotatable bonds is 18. The summed E-state index contributed by atoms with van der Waals surface area (Å²) in [5, 5.41) is 0. The number of hydrogen-bond acceptors (Lipinski definition) is 1. The van der Waals surface area contributed by atoms with E-state index in [2.05, 4.69) is 13.2 Å². The van der Waals surface area contributed by atoms with Gasteiger partial charge in [0.15, 0.2) is 0 Å². The van der Waals surface area contributed by atoms with Crippen LogP contribution in [-0.2, 0) is 0 Å². The van der Waals surface area contributed by atoms with Crippen LogP contribution in [0.1, 0.15) is 109 Å². The summed E-state index contributed by atoms with van der Waals surface area (Å²) < 4.78 is 0. The molecule has 0 heterocycles. The van der Waals surface area contributed by atoms with Gasteiger partial charge in [-0.3, -0.25) is 0 Å². The summed E-state index contributed by atoms with van der Waals surface area (Å²) in [5.41, 5.74) is 0. The van der Waals surface area contributed by atoms with Crippen LogP contribution in [0.25, 0.3) is 0 Å². The molecule has 21 heavy (non-hydrogen) atoms. The van der Waals surface area contributed by atoms with Crippen LogP contribution in [0.2, 0.25) is 0 Å². The normalized spacial score (nSPS) is 11.1. The zero-order chi connectivity index (χ0) is 15.4. The maximum absolute atomic E-state index is 3.90. The van der Waals surface area contributed by atoms with E-state index in [1.54, 1.807) is 0 Å². The molecule has 0 aliphatic rings. The molecule has 0 aromatic rings. The molecular formula is C20H41S. The van der Waals surface area contributed by atoms with Gasteiger partial charge in [0.1, 0.15) is 0 Å². The Kier molecular flexibility index (Phi) is 20.7. The van der Waals surface area contributed by atoms with Crippen LogP contribution in [0.15, 0.2) is 0 Å². The lowest BCUT2D eigenvalue weighted by Gasteiger charge is -2.03. The third-order valence-electron chi connectivity index (χ3n) is 4.35. The summed E-state index contributed by atoms with van der Waals surface area (Å²) in [5.74, 6) is 1.36. The predicted octanol–water partition coefficient (Wildman–Crippen LogP) is 7.82. The van der Waals surface area contributed by atoms with Crippen LogP contribution >= 0.6 is 11.8 Å². The average Bonchev–Trinajstić information content (AvgIpc) is 2.50. The van der Waals surface area contributed by atoms with E-state index in [9.17, 15) is 0 Å². The Labute approximate surface area is 140 Å². The lowest BCUT2D eigenvalue weighted by atomic mass is 10.0. The molecule has 0 aliphatic carbocycles. The lowest BCUT2D eigenvalue weighted by Crippen LogP contribution is -1.84. The first-order valence-electron chi connectivity index (χ1n) is 9.70. The van der Waals surface area contributed by atoms with Gasteiger partial charge in [0.25, 0.3) is 0 Å². The van der Waals surface area contributed by atoms with E-state index in [1.807, 2.05) is 11.8 Å². The van der Waals surface area contributed by atoms with Crippen molar-refractivity contribution in [1.82, 2.24) is 0 Å². The summed E-state index contributed by atoms with van der Waals surface area (Å²) >= 11 is 1.99. The van der Waals surface area contributed by atoms with Gasteiger partial charge in [0.05, 0.1) is 0 Å². The molecule has 0 rings (SSSR count). The molecule has 0 saturated carbocycles. The summed E-state index contributed by atoms with van der Waals surface area (Å²) in [6, 6.07) is 0. The Morgan fingerprint density at radius 1 is 0.476 bits per heavy atom. The van der Waals surface area contributed by atoms with Crippen molar-refractivity contribution in [3.05, 3.63) is 6.92 Å². The third-order valence-corrected chi connectivity index (χ3v) is 5.05. The third kappa shape index (κ3) is 20.4. The van der Waals surface area contributed by atoms with Crippen molar-refractivity contribution >= 4 is 11.8 Å². The molecule has 127 valence electrons. The highest BCUT2D eigenvalue weighted by molar-refractivity contribution is 7.98. The highest BCUT2D eigenvalue weighted by atomic mass is 32.2. The van der Waals surface area contributed by atoms with Gasteiger partial charge in [0.2, 0.25) is 0 Å². The number of unbranched alkanes of at least 4 members (excludes halogenated alkanes) is 16. The van der Waals surface area contributed by atoms with E-state index in [0.29, 0.717) is 0 Å². The zero-order valence-corrected chi connectivity index (χ0v) is 15.7. The van der Waals surface area contributed by atoms with Gasteiger partial charge < -0.3 is 0 Å². The minimum Gasteiger partial charge on any atom is -0.165 e. The zero-order valence-electron chi connectivity index (χ0n) is 14.8. The standard InChI is InChI=1S/C20H41S/c1-3-4-5-6-7-8-9-10-11-12-13-14-15-16-17-18-19-20-21-2/h1,3-20H2,2H3. The first kappa shape index (κ1) is 21.4. The van der Waals surface area contributed by atoms with E-state index in [-0.39, 0.29) is 0 Å². The molecule has 0 N–H and O–H groups in total. The molecule has 0 aliphatic heterocycles. The Bertz CT molecular complexity index is 149. The Hall–Kier alpha value is 0.350. The molecule has 0 amide bonds. The maximum Gasteiger partial charge on any atom is -0.00703 e. The van der Waals surface area contributed by atoms with Crippen LogP contribution in [0.5, 0.6) is 0 Å². The van der Waals surface area contributed by atoms with Crippen LogP contribution < -0.4 is 0 Å². The first-order valence-corrected chi connectivity index (χ1v) is 11.1. The summed E-state index contributed by atoms with van der Waals surface area (Å²) in [4.78, 5) is 0. The van der Waals surface area contributed by atoms with Gasteiger partial charge in [0, 0.05) is 0 Å². The van der Waals surface area contributed by atoms with E-state index >= 15 is 0 Å². The second kappa shape index (κ2) is 20.3. The van der Waals surface area contributed by atoms with E-state index in [4.69, 9.17) is 0 Å². The smallest absolute Gasteiger partial charge is 0.00703 e. The fourth-order valence-electron chi connectivity index (χ4n) is 2.90. The Morgan fingerprint density at radius 3 is 1.05 bits per heavy atom. The van der Waals surface area contributed by atoms with Crippen LogP contribution in [0.4, 0.5) is 0 Å².